The van der Waals surface area contributed by atoms with Crippen LogP contribution in [0.4, 0.5) is 0 Å². The van der Waals surface area contributed by atoms with Gasteiger partial charge in [-0.2, -0.15) is 0 Å². The van der Waals surface area contributed by atoms with Crippen molar-refractivity contribution < 1.29 is 9.90 Å². The maximum Gasteiger partial charge on any atom is 0.261 e. The van der Waals surface area contributed by atoms with Crippen LogP contribution in [0.1, 0.15) is 67.6 Å². The first-order chi connectivity index (χ1) is 12.3. The molecule has 4 nitrogen and oxygen atoms in total. The molecule has 1 atom stereocenters. The molecule has 2 aromatic rings. The summed E-state index contributed by atoms with van der Waals surface area (Å²) in [5, 5.41) is 14.7. The fourth-order valence-electron chi connectivity index (χ4n) is 4.35. The van der Waals surface area contributed by atoms with Crippen LogP contribution < -0.4 is 11.1 Å². The lowest BCUT2D eigenvalue weighted by Gasteiger charge is -2.30. The van der Waals surface area contributed by atoms with Crippen molar-refractivity contribution >= 4 is 27.3 Å². The van der Waals surface area contributed by atoms with E-state index in [0.717, 1.165) is 28.5 Å². The molecule has 1 heterocycles. The van der Waals surface area contributed by atoms with Gasteiger partial charge in [0.1, 0.15) is 0 Å². The molecule has 140 valence electrons. The number of benzene rings is 1. The Morgan fingerprint density at radius 1 is 1.35 bits per heavy atom. The summed E-state index contributed by atoms with van der Waals surface area (Å²) in [6.45, 7) is 3.56. The maximum atomic E-state index is 13.0. The second-order valence-electron chi connectivity index (χ2n) is 8.62. The zero-order valence-electron chi connectivity index (χ0n) is 15.5. The van der Waals surface area contributed by atoms with Gasteiger partial charge in [0.2, 0.25) is 0 Å². The van der Waals surface area contributed by atoms with Gasteiger partial charge in [-0.25, -0.2) is 0 Å². The van der Waals surface area contributed by atoms with Crippen molar-refractivity contribution in [3.63, 3.8) is 0 Å². The van der Waals surface area contributed by atoms with Crippen molar-refractivity contribution in [3.8, 4) is 0 Å². The van der Waals surface area contributed by atoms with Crippen LogP contribution in [0.3, 0.4) is 0 Å². The molecule has 2 fully saturated rings. The minimum absolute atomic E-state index is 0.0264. The third-order valence-corrected chi connectivity index (χ3v) is 7.21. The van der Waals surface area contributed by atoms with E-state index in [0.29, 0.717) is 10.8 Å². The summed E-state index contributed by atoms with van der Waals surface area (Å²) in [6.07, 6.45) is 6.82. The molecule has 4 N–H and O–H groups in total. The topological polar surface area (TPSA) is 75.3 Å². The van der Waals surface area contributed by atoms with Crippen molar-refractivity contribution in [2.75, 3.05) is 0 Å². The summed E-state index contributed by atoms with van der Waals surface area (Å²) >= 11 is 1.46. The second-order valence-corrected chi connectivity index (χ2v) is 9.67. The smallest absolute Gasteiger partial charge is 0.261 e. The molecule has 0 saturated heterocycles. The van der Waals surface area contributed by atoms with Gasteiger partial charge in [0.15, 0.2) is 0 Å². The first-order valence-corrected chi connectivity index (χ1v) is 10.4. The number of hydrogen-bond acceptors (Lipinski definition) is 4. The third kappa shape index (κ3) is 3.28. The minimum atomic E-state index is -0.931. The number of fused-ring (bicyclic) bond motifs is 1. The molecule has 4 rings (SSSR count). The van der Waals surface area contributed by atoms with E-state index in [1.807, 2.05) is 24.3 Å². The zero-order chi connectivity index (χ0) is 18.5. The highest BCUT2D eigenvalue weighted by Gasteiger charge is 2.50. The molecule has 2 aliphatic rings. The highest BCUT2D eigenvalue weighted by Crippen LogP contribution is 2.43. The number of carbonyl (C=O) groups is 1. The Hall–Kier alpha value is -1.43. The van der Waals surface area contributed by atoms with Gasteiger partial charge in [-0.15, -0.1) is 11.3 Å². The number of thiophene rings is 1. The van der Waals surface area contributed by atoms with Crippen molar-refractivity contribution in [3.05, 3.63) is 34.7 Å². The van der Waals surface area contributed by atoms with E-state index in [1.54, 1.807) is 13.8 Å². The molecule has 0 spiro atoms. The molecule has 1 amide bonds. The Morgan fingerprint density at radius 3 is 2.65 bits per heavy atom. The molecule has 2 saturated carbocycles. The second kappa shape index (κ2) is 6.32. The predicted molar refractivity (Wildman–Crippen MR) is 106 cm³/mol. The van der Waals surface area contributed by atoms with Crippen molar-refractivity contribution in [1.82, 2.24) is 5.32 Å². The van der Waals surface area contributed by atoms with Crippen LogP contribution in [0.5, 0.6) is 0 Å². The Labute approximate surface area is 158 Å². The van der Waals surface area contributed by atoms with E-state index in [-0.39, 0.29) is 17.5 Å². The number of hydrogen-bond donors (Lipinski definition) is 3. The average molecular weight is 373 g/mol. The highest BCUT2D eigenvalue weighted by atomic mass is 32.1. The van der Waals surface area contributed by atoms with E-state index >= 15 is 0 Å². The predicted octanol–water partition coefficient (Wildman–Crippen LogP) is 3.91. The monoisotopic (exact) mass is 372 g/mol. The number of aliphatic hydroxyl groups is 1. The Balaban J connectivity index is 1.61. The van der Waals surface area contributed by atoms with E-state index in [1.165, 1.54) is 37.0 Å². The van der Waals surface area contributed by atoms with E-state index < -0.39 is 5.60 Å². The van der Waals surface area contributed by atoms with E-state index in [4.69, 9.17) is 5.73 Å². The first-order valence-electron chi connectivity index (χ1n) is 9.63. The summed E-state index contributed by atoms with van der Waals surface area (Å²) in [5.41, 5.74) is 6.23. The largest absolute Gasteiger partial charge is 0.386 e. The average Bonchev–Trinajstić information content (AvgIpc) is 3.03. The fraction of sp³-hybridized carbons (Fsp3) is 0.571. The first kappa shape index (κ1) is 18.0. The summed E-state index contributed by atoms with van der Waals surface area (Å²) in [6, 6.07) is 7.88. The number of rotatable bonds is 5. The minimum Gasteiger partial charge on any atom is -0.386 e. The van der Waals surface area contributed by atoms with Gasteiger partial charge >= 0.3 is 0 Å². The molecule has 2 aliphatic carbocycles. The lowest BCUT2D eigenvalue weighted by molar-refractivity contribution is 0.0803. The van der Waals surface area contributed by atoms with Crippen LogP contribution in [-0.2, 0) is 5.60 Å². The van der Waals surface area contributed by atoms with Gasteiger partial charge in [-0.05, 0) is 56.9 Å². The third-order valence-electron chi connectivity index (χ3n) is 6.03. The Morgan fingerprint density at radius 2 is 2.04 bits per heavy atom. The lowest BCUT2D eigenvalue weighted by atomic mass is 9.90. The van der Waals surface area contributed by atoms with Gasteiger partial charge in [-0.3, -0.25) is 4.79 Å². The van der Waals surface area contributed by atoms with Gasteiger partial charge in [0, 0.05) is 21.8 Å². The molecule has 0 radical (unpaired) electrons. The van der Waals surface area contributed by atoms with Gasteiger partial charge in [0.05, 0.1) is 10.5 Å². The van der Waals surface area contributed by atoms with Crippen molar-refractivity contribution in [1.29, 1.82) is 0 Å². The molecular formula is C21H28N2O2S. The Kier molecular flexibility index (Phi) is 4.37. The summed E-state index contributed by atoms with van der Waals surface area (Å²) < 4.78 is 0.983. The molecule has 0 bridgehead atoms. The molecule has 1 unspecified atom stereocenters. The lowest BCUT2D eigenvalue weighted by Crippen LogP contribution is -2.53. The SMILES string of the molecule is CC(C)(O)c1cccc2cc(C(=O)NC(C3CCCC3)C3(N)CC3)sc12. The number of amides is 1. The van der Waals surface area contributed by atoms with Crippen LogP contribution in [0.15, 0.2) is 24.3 Å². The highest BCUT2D eigenvalue weighted by molar-refractivity contribution is 7.21. The van der Waals surface area contributed by atoms with Crippen LogP contribution >= 0.6 is 11.3 Å². The molecule has 26 heavy (non-hydrogen) atoms. The van der Waals surface area contributed by atoms with Crippen LogP contribution in [0.25, 0.3) is 10.1 Å². The van der Waals surface area contributed by atoms with Crippen molar-refractivity contribution in [2.24, 2.45) is 11.7 Å². The number of carbonyl (C=O) groups excluding carboxylic acids is 1. The van der Waals surface area contributed by atoms with Gasteiger partial charge in [0.25, 0.3) is 5.91 Å². The standard InChI is InChI=1S/C21H28N2O2S/c1-20(2,25)15-9-5-8-14-12-16(26-17(14)15)19(24)23-18(21(22)10-11-21)13-6-3-4-7-13/h5,8-9,12-13,18,25H,3-4,6-7,10-11,22H2,1-2H3,(H,23,24). The van der Waals surface area contributed by atoms with Gasteiger partial charge in [-0.1, -0.05) is 31.0 Å². The van der Waals surface area contributed by atoms with E-state index in [9.17, 15) is 9.90 Å². The molecule has 0 aliphatic heterocycles. The zero-order valence-corrected chi connectivity index (χ0v) is 16.4. The maximum absolute atomic E-state index is 13.0. The molecular weight excluding hydrogens is 344 g/mol. The summed E-state index contributed by atoms with van der Waals surface area (Å²) in [7, 11) is 0. The fourth-order valence-corrected chi connectivity index (χ4v) is 5.58. The van der Waals surface area contributed by atoms with Crippen LogP contribution in [0, 0.1) is 5.92 Å². The van der Waals surface area contributed by atoms with Gasteiger partial charge < -0.3 is 16.2 Å². The number of nitrogens with one attached hydrogen (secondary N) is 1. The molecule has 1 aromatic heterocycles. The number of nitrogens with two attached hydrogens (primary N) is 1. The Bertz CT molecular complexity index is 826. The summed E-state index contributed by atoms with van der Waals surface area (Å²) in [4.78, 5) is 13.7. The van der Waals surface area contributed by atoms with Crippen LogP contribution in [0.2, 0.25) is 0 Å². The molecule has 5 heteroatoms. The summed E-state index contributed by atoms with van der Waals surface area (Å²) in [5.74, 6) is 0.481. The quantitative estimate of drug-likeness (QED) is 0.745. The van der Waals surface area contributed by atoms with E-state index in [2.05, 4.69) is 5.32 Å². The van der Waals surface area contributed by atoms with Crippen LogP contribution in [-0.4, -0.2) is 22.6 Å². The van der Waals surface area contributed by atoms with Crippen molar-refractivity contribution in [2.45, 2.75) is 69.6 Å². The molecule has 1 aromatic carbocycles. The normalized spacial score (nSPS) is 21.1.